The smallest absolute Gasteiger partial charge is 0.263 e. The highest BCUT2D eigenvalue weighted by molar-refractivity contribution is 7.22. The Labute approximate surface area is 166 Å². The zero-order valence-corrected chi connectivity index (χ0v) is 16.5. The second-order valence-corrected chi connectivity index (χ2v) is 7.86. The van der Waals surface area contributed by atoms with Crippen LogP contribution >= 0.6 is 11.3 Å². The molecule has 28 heavy (non-hydrogen) atoms. The van der Waals surface area contributed by atoms with Crippen molar-refractivity contribution in [3.05, 3.63) is 47.8 Å². The Bertz CT molecular complexity index is 978. The van der Waals surface area contributed by atoms with Crippen molar-refractivity contribution in [1.82, 2.24) is 4.98 Å². The molecule has 2 aromatic carbocycles. The van der Waals surface area contributed by atoms with E-state index in [1.165, 1.54) is 28.4 Å². The number of hydrogen-bond donors (Lipinski definition) is 1. The molecule has 1 N–H and O–H groups in total. The number of nitrogens with zero attached hydrogens (tertiary/aromatic N) is 2. The molecule has 0 bridgehead atoms. The Morgan fingerprint density at radius 1 is 1.21 bits per heavy atom. The number of carbonyl (C=O) groups is 1. The van der Waals surface area contributed by atoms with E-state index in [-0.39, 0.29) is 5.56 Å². The van der Waals surface area contributed by atoms with Gasteiger partial charge in [0.25, 0.3) is 5.91 Å². The monoisotopic (exact) mass is 402 g/mol. The van der Waals surface area contributed by atoms with Gasteiger partial charge < -0.3 is 14.4 Å². The molecular formula is C20H21FN3O3S+. The summed E-state index contributed by atoms with van der Waals surface area (Å²) >= 11 is 1.39. The third kappa shape index (κ3) is 3.65. The van der Waals surface area contributed by atoms with Crippen molar-refractivity contribution in [1.29, 1.82) is 0 Å². The summed E-state index contributed by atoms with van der Waals surface area (Å²) in [6, 6.07) is 9.74. The molecular weight excluding hydrogens is 381 g/mol. The third-order valence-electron chi connectivity index (χ3n) is 4.46. The SMILES string of the molecule is C[NH+](C)CCN(C(=O)c1ccccc1F)c1nc2cc3c(cc2s1)OCCO3. The van der Waals surface area contributed by atoms with Crippen LogP contribution in [0.5, 0.6) is 11.5 Å². The number of rotatable bonds is 5. The van der Waals surface area contributed by atoms with Crippen molar-refractivity contribution < 1.29 is 23.6 Å². The predicted molar refractivity (Wildman–Crippen MR) is 106 cm³/mol. The topological polar surface area (TPSA) is 56.1 Å². The summed E-state index contributed by atoms with van der Waals surface area (Å²) in [4.78, 5) is 20.5. The van der Waals surface area contributed by atoms with Crippen LogP contribution in [-0.2, 0) is 0 Å². The van der Waals surface area contributed by atoms with Crippen LogP contribution in [0.2, 0.25) is 0 Å². The van der Waals surface area contributed by atoms with E-state index in [9.17, 15) is 9.18 Å². The summed E-state index contributed by atoms with van der Waals surface area (Å²) in [7, 11) is 4.01. The van der Waals surface area contributed by atoms with E-state index in [1.54, 1.807) is 17.0 Å². The molecule has 1 aliphatic rings. The number of aromatic nitrogens is 1. The number of anilines is 1. The number of fused-ring (bicyclic) bond motifs is 2. The van der Waals surface area contributed by atoms with Gasteiger partial charge in [-0.25, -0.2) is 9.37 Å². The number of benzene rings is 2. The van der Waals surface area contributed by atoms with Gasteiger partial charge in [0.05, 0.1) is 43.0 Å². The maximum Gasteiger partial charge on any atom is 0.263 e. The lowest BCUT2D eigenvalue weighted by Crippen LogP contribution is -3.06. The lowest BCUT2D eigenvalue weighted by Gasteiger charge is -2.20. The second-order valence-electron chi connectivity index (χ2n) is 6.85. The summed E-state index contributed by atoms with van der Waals surface area (Å²) < 4.78 is 26.4. The highest BCUT2D eigenvalue weighted by atomic mass is 32.1. The molecule has 3 aromatic rings. The van der Waals surface area contributed by atoms with E-state index in [1.807, 2.05) is 26.2 Å². The van der Waals surface area contributed by atoms with Crippen LogP contribution in [0.15, 0.2) is 36.4 Å². The molecule has 0 saturated carbocycles. The molecule has 1 aromatic heterocycles. The number of hydrogen-bond acceptors (Lipinski definition) is 5. The highest BCUT2D eigenvalue weighted by Gasteiger charge is 2.25. The quantitative estimate of drug-likeness (QED) is 0.709. The summed E-state index contributed by atoms with van der Waals surface area (Å²) in [5.74, 6) is 0.405. The van der Waals surface area contributed by atoms with Crippen LogP contribution < -0.4 is 19.3 Å². The van der Waals surface area contributed by atoms with Gasteiger partial charge in [0, 0.05) is 12.1 Å². The molecule has 1 amide bonds. The maximum absolute atomic E-state index is 14.2. The number of halogens is 1. The zero-order chi connectivity index (χ0) is 19.7. The summed E-state index contributed by atoms with van der Waals surface area (Å²) in [6.45, 7) is 2.15. The summed E-state index contributed by atoms with van der Waals surface area (Å²) in [5.41, 5.74) is 0.772. The molecule has 0 saturated heterocycles. The molecule has 0 aliphatic carbocycles. The molecule has 4 rings (SSSR count). The molecule has 0 atom stereocenters. The van der Waals surface area contributed by atoms with Gasteiger partial charge in [-0.15, -0.1) is 0 Å². The van der Waals surface area contributed by atoms with E-state index in [4.69, 9.17) is 9.47 Å². The Morgan fingerprint density at radius 2 is 1.93 bits per heavy atom. The maximum atomic E-state index is 14.2. The van der Waals surface area contributed by atoms with Crippen molar-refractivity contribution in [2.45, 2.75) is 0 Å². The van der Waals surface area contributed by atoms with E-state index in [0.29, 0.717) is 42.9 Å². The van der Waals surface area contributed by atoms with Crippen LogP contribution in [0, 0.1) is 5.82 Å². The number of nitrogens with one attached hydrogen (secondary N) is 1. The van der Waals surface area contributed by atoms with Gasteiger partial charge in [-0.2, -0.15) is 0 Å². The predicted octanol–water partition coefficient (Wildman–Crippen LogP) is 2.00. The van der Waals surface area contributed by atoms with Crippen molar-refractivity contribution in [3.63, 3.8) is 0 Å². The van der Waals surface area contributed by atoms with Gasteiger partial charge in [-0.05, 0) is 12.1 Å². The third-order valence-corrected chi connectivity index (χ3v) is 5.50. The largest absolute Gasteiger partial charge is 0.486 e. The van der Waals surface area contributed by atoms with Crippen LogP contribution in [-0.4, -0.2) is 51.3 Å². The van der Waals surface area contributed by atoms with Gasteiger partial charge in [-0.1, -0.05) is 23.5 Å². The fraction of sp³-hybridized carbons (Fsp3) is 0.300. The number of quaternary nitrogens is 1. The van der Waals surface area contributed by atoms with Crippen molar-refractivity contribution >= 4 is 32.6 Å². The Hall–Kier alpha value is -2.71. The van der Waals surface area contributed by atoms with Crippen LogP contribution in [0.4, 0.5) is 9.52 Å². The molecule has 1 aliphatic heterocycles. The molecule has 0 spiro atoms. The van der Waals surface area contributed by atoms with Crippen molar-refractivity contribution in [2.24, 2.45) is 0 Å². The molecule has 6 nitrogen and oxygen atoms in total. The Morgan fingerprint density at radius 3 is 2.64 bits per heavy atom. The number of thiazole rings is 1. The first kappa shape index (κ1) is 18.6. The normalized spacial score (nSPS) is 13.1. The van der Waals surface area contributed by atoms with Crippen LogP contribution in [0.3, 0.4) is 0 Å². The lowest BCUT2D eigenvalue weighted by atomic mass is 10.2. The van der Waals surface area contributed by atoms with Crippen LogP contribution in [0.25, 0.3) is 10.2 Å². The number of amides is 1. The fourth-order valence-corrected chi connectivity index (χ4v) is 3.97. The lowest BCUT2D eigenvalue weighted by molar-refractivity contribution is -0.856. The average molecular weight is 402 g/mol. The molecule has 0 unspecified atom stereocenters. The molecule has 2 heterocycles. The first-order valence-corrected chi connectivity index (χ1v) is 9.90. The number of carbonyl (C=O) groups excluding carboxylic acids is 1. The van der Waals surface area contributed by atoms with Crippen LogP contribution in [0.1, 0.15) is 10.4 Å². The first-order valence-electron chi connectivity index (χ1n) is 9.08. The zero-order valence-electron chi connectivity index (χ0n) is 15.7. The minimum Gasteiger partial charge on any atom is -0.486 e. The molecule has 0 fully saturated rings. The summed E-state index contributed by atoms with van der Waals surface area (Å²) in [6.07, 6.45) is 0. The Balaban J connectivity index is 1.73. The fourth-order valence-electron chi connectivity index (χ4n) is 2.97. The van der Waals surface area contributed by atoms with Crippen molar-refractivity contribution in [2.75, 3.05) is 45.3 Å². The first-order chi connectivity index (χ1) is 13.5. The van der Waals surface area contributed by atoms with Gasteiger partial charge in [-0.3, -0.25) is 9.69 Å². The highest BCUT2D eigenvalue weighted by Crippen LogP contribution is 2.39. The molecule has 146 valence electrons. The number of likely N-dealkylation sites (N-methyl/N-ethyl adjacent to an activating group) is 1. The molecule has 8 heteroatoms. The molecule has 0 radical (unpaired) electrons. The van der Waals surface area contributed by atoms with Gasteiger partial charge >= 0.3 is 0 Å². The van der Waals surface area contributed by atoms with Gasteiger partial charge in [0.1, 0.15) is 19.0 Å². The van der Waals surface area contributed by atoms with E-state index < -0.39 is 11.7 Å². The standard InChI is InChI=1S/C20H20FN3O3S/c1-23(2)7-8-24(19(25)13-5-3-4-6-14(13)21)20-22-15-11-16-17(12-18(15)28-20)27-10-9-26-16/h3-6,11-12H,7-10H2,1-2H3/p+1. The van der Waals surface area contributed by atoms with E-state index >= 15 is 0 Å². The van der Waals surface area contributed by atoms with Gasteiger partial charge in [0.2, 0.25) is 0 Å². The van der Waals surface area contributed by atoms with Crippen molar-refractivity contribution in [3.8, 4) is 11.5 Å². The minimum absolute atomic E-state index is 0.0430. The second kappa shape index (κ2) is 7.73. The van der Waals surface area contributed by atoms with E-state index in [2.05, 4.69) is 4.98 Å². The van der Waals surface area contributed by atoms with E-state index in [0.717, 1.165) is 10.2 Å². The minimum atomic E-state index is -0.534. The number of ether oxygens (including phenoxy) is 2. The Kier molecular flexibility index (Phi) is 5.15. The van der Waals surface area contributed by atoms with Gasteiger partial charge in [0.15, 0.2) is 16.6 Å². The summed E-state index contributed by atoms with van der Waals surface area (Å²) in [5, 5.41) is 0.534. The average Bonchev–Trinajstić information content (AvgIpc) is 3.08.